The SMILES string of the molecule is COc1cccc2[nH]cc(CC(=O)Nc3cnccn3)c12. The van der Waals surface area contributed by atoms with E-state index in [2.05, 4.69) is 20.3 Å². The molecule has 21 heavy (non-hydrogen) atoms. The summed E-state index contributed by atoms with van der Waals surface area (Å²) in [5.74, 6) is 1.03. The standard InChI is InChI=1S/C15H14N4O2/c1-21-12-4-2-3-11-15(12)10(8-18-11)7-14(20)19-13-9-16-5-6-17-13/h2-6,8-9,18H,7H2,1H3,(H,17,19,20). The summed E-state index contributed by atoms with van der Waals surface area (Å²) in [6.45, 7) is 0. The number of nitrogens with zero attached hydrogens (tertiary/aromatic N) is 2. The van der Waals surface area contributed by atoms with E-state index in [4.69, 9.17) is 4.74 Å². The van der Waals surface area contributed by atoms with Gasteiger partial charge < -0.3 is 15.0 Å². The van der Waals surface area contributed by atoms with Crippen LogP contribution in [0.25, 0.3) is 10.9 Å². The van der Waals surface area contributed by atoms with Gasteiger partial charge >= 0.3 is 0 Å². The molecule has 6 nitrogen and oxygen atoms in total. The number of ether oxygens (including phenoxy) is 1. The van der Waals surface area contributed by atoms with Gasteiger partial charge in [0.05, 0.1) is 19.7 Å². The van der Waals surface area contributed by atoms with Crippen molar-refractivity contribution in [2.24, 2.45) is 0 Å². The Balaban J connectivity index is 1.83. The number of methoxy groups -OCH3 is 1. The number of rotatable bonds is 4. The minimum atomic E-state index is -0.151. The quantitative estimate of drug-likeness (QED) is 0.768. The van der Waals surface area contributed by atoms with E-state index in [0.29, 0.717) is 5.82 Å². The predicted octanol–water partition coefficient (Wildman–Crippen LogP) is 2.15. The molecule has 2 aromatic heterocycles. The lowest BCUT2D eigenvalue weighted by Crippen LogP contribution is -2.15. The molecule has 0 spiro atoms. The summed E-state index contributed by atoms with van der Waals surface area (Å²) in [6, 6.07) is 5.73. The minimum Gasteiger partial charge on any atom is -0.496 e. The van der Waals surface area contributed by atoms with Crippen LogP contribution in [0.5, 0.6) is 5.75 Å². The molecular formula is C15H14N4O2. The second kappa shape index (κ2) is 5.62. The highest BCUT2D eigenvalue weighted by atomic mass is 16.5. The zero-order valence-corrected chi connectivity index (χ0v) is 11.5. The molecule has 0 radical (unpaired) electrons. The van der Waals surface area contributed by atoms with Gasteiger partial charge in [-0.2, -0.15) is 0 Å². The van der Waals surface area contributed by atoms with Crippen LogP contribution in [0.4, 0.5) is 5.82 Å². The predicted molar refractivity (Wildman–Crippen MR) is 79.2 cm³/mol. The fourth-order valence-corrected chi connectivity index (χ4v) is 2.25. The van der Waals surface area contributed by atoms with Gasteiger partial charge in [0.25, 0.3) is 0 Å². The van der Waals surface area contributed by atoms with E-state index in [-0.39, 0.29) is 12.3 Å². The number of benzene rings is 1. The first-order valence-corrected chi connectivity index (χ1v) is 6.47. The molecule has 0 aliphatic carbocycles. The van der Waals surface area contributed by atoms with Crippen molar-refractivity contribution in [2.45, 2.75) is 6.42 Å². The molecule has 0 saturated heterocycles. The highest BCUT2D eigenvalue weighted by molar-refractivity contribution is 5.97. The van der Waals surface area contributed by atoms with Crippen LogP contribution in [0.2, 0.25) is 0 Å². The molecule has 2 heterocycles. The topological polar surface area (TPSA) is 79.9 Å². The van der Waals surface area contributed by atoms with E-state index >= 15 is 0 Å². The van der Waals surface area contributed by atoms with Crippen LogP contribution in [-0.2, 0) is 11.2 Å². The lowest BCUT2D eigenvalue weighted by atomic mass is 10.1. The van der Waals surface area contributed by atoms with Crippen LogP contribution in [0.3, 0.4) is 0 Å². The van der Waals surface area contributed by atoms with E-state index in [1.807, 2.05) is 24.4 Å². The molecule has 0 aliphatic rings. The van der Waals surface area contributed by atoms with Crippen molar-refractivity contribution in [3.63, 3.8) is 0 Å². The maximum absolute atomic E-state index is 12.1. The number of anilines is 1. The Bertz CT molecular complexity index is 768. The van der Waals surface area contributed by atoms with Crippen LogP contribution in [0, 0.1) is 0 Å². The van der Waals surface area contributed by atoms with Crippen molar-refractivity contribution >= 4 is 22.6 Å². The zero-order chi connectivity index (χ0) is 14.7. The number of carbonyl (C=O) groups excluding carboxylic acids is 1. The molecule has 0 aliphatic heterocycles. The molecule has 0 bridgehead atoms. The average Bonchev–Trinajstić information content (AvgIpc) is 2.91. The molecule has 3 rings (SSSR count). The Labute approximate surface area is 121 Å². The summed E-state index contributed by atoms with van der Waals surface area (Å²) in [7, 11) is 1.62. The Morgan fingerprint density at radius 2 is 2.29 bits per heavy atom. The number of amides is 1. The van der Waals surface area contributed by atoms with Gasteiger partial charge in [0.2, 0.25) is 5.91 Å². The molecular weight excluding hydrogens is 268 g/mol. The smallest absolute Gasteiger partial charge is 0.230 e. The summed E-state index contributed by atoms with van der Waals surface area (Å²) < 4.78 is 5.35. The van der Waals surface area contributed by atoms with Crippen LogP contribution in [-0.4, -0.2) is 28.0 Å². The normalized spacial score (nSPS) is 10.5. The summed E-state index contributed by atoms with van der Waals surface area (Å²) in [5.41, 5.74) is 1.82. The van der Waals surface area contributed by atoms with Crippen LogP contribution in [0.1, 0.15) is 5.56 Å². The molecule has 0 unspecified atom stereocenters. The van der Waals surface area contributed by atoms with Crippen LogP contribution < -0.4 is 10.1 Å². The van der Waals surface area contributed by atoms with Crippen LogP contribution in [0.15, 0.2) is 43.0 Å². The maximum Gasteiger partial charge on any atom is 0.230 e. The maximum atomic E-state index is 12.1. The van der Waals surface area contributed by atoms with E-state index in [1.165, 1.54) is 12.4 Å². The summed E-state index contributed by atoms with van der Waals surface area (Å²) in [6.07, 6.45) is 6.65. The van der Waals surface area contributed by atoms with Crippen molar-refractivity contribution in [3.8, 4) is 5.75 Å². The first kappa shape index (κ1) is 13.1. The third-order valence-electron chi connectivity index (χ3n) is 3.15. The summed E-state index contributed by atoms with van der Waals surface area (Å²) in [5, 5.41) is 3.64. The van der Waals surface area contributed by atoms with Gasteiger partial charge in [0, 0.05) is 29.5 Å². The van der Waals surface area contributed by atoms with E-state index < -0.39 is 0 Å². The Hall–Kier alpha value is -2.89. The largest absolute Gasteiger partial charge is 0.496 e. The van der Waals surface area contributed by atoms with E-state index in [1.54, 1.807) is 13.3 Å². The molecule has 106 valence electrons. The van der Waals surface area contributed by atoms with Gasteiger partial charge in [-0.05, 0) is 17.7 Å². The average molecular weight is 282 g/mol. The van der Waals surface area contributed by atoms with Gasteiger partial charge in [-0.25, -0.2) is 4.98 Å². The number of H-pyrrole nitrogens is 1. The van der Waals surface area contributed by atoms with Gasteiger partial charge in [-0.3, -0.25) is 9.78 Å². The molecule has 6 heteroatoms. The number of fused-ring (bicyclic) bond motifs is 1. The second-order valence-electron chi connectivity index (χ2n) is 4.51. The van der Waals surface area contributed by atoms with Crippen molar-refractivity contribution in [3.05, 3.63) is 48.5 Å². The lowest BCUT2D eigenvalue weighted by molar-refractivity contribution is -0.115. The van der Waals surface area contributed by atoms with Gasteiger partial charge in [0.15, 0.2) is 5.82 Å². The zero-order valence-electron chi connectivity index (χ0n) is 11.5. The number of hydrogen-bond acceptors (Lipinski definition) is 4. The third kappa shape index (κ3) is 2.69. The van der Waals surface area contributed by atoms with Gasteiger partial charge in [-0.15, -0.1) is 0 Å². The summed E-state index contributed by atoms with van der Waals surface area (Å²) in [4.78, 5) is 23.2. The monoisotopic (exact) mass is 282 g/mol. The molecule has 1 aromatic carbocycles. The fourth-order valence-electron chi connectivity index (χ4n) is 2.25. The Morgan fingerprint density at radius 3 is 3.05 bits per heavy atom. The highest BCUT2D eigenvalue weighted by Crippen LogP contribution is 2.28. The fraction of sp³-hybridized carbons (Fsp3) is 0.133. The molecule has 0 atom stereocenters. The first-order chi connectivity index (χ1) is 10.3. The van der Waals surface area contributed by atoms with Gasteiger partial charge in [0.1, 0.15) is 5.75 Å². The lowest BCUT2D eigenvalue weighted by Gasteiger charge is -2.05. The molecule has 0 fully saturated rings. The van der Waals surface area contributed by atoms with Crippen molar-refractivity contribution < 1.29 is 9.53 Å². The molecule has 1 amide bonds. The second-order valence-corrected chi connectivity index (χ2v) is 4.51. The van der Waals surface area contributed by atoms with Crippen molar-refractivity contribution in [2.75, 3.05) is 12.4 Å². The number of aromatic amines is 1. The Kier molecular flexibility index (Phi) is 3.51. The van der Waals surface area contributed by atoms with E-state index in [9.17, 15) is 4.79 Å². The number of aromatic nitrogens is 3. The number of nitrogens with one attached hydrogen (secondary N) is 2. The van der Waals surface area contributed by atoms with Crippen molar-refractivity contribution in [1.82, 2.24) is 15.0 Å². The molecule has 2 N–H and O–H groups in total. The Morgan fingerprint density at radius 1 is 1.38 bits per heavy atom. The van der Waals surface area contributed by atoms with Crippen LogP contribution >= 0.6 is 0 Å². The number of carbonyl (C=O) groups is 1. The van der Waals surface area contributed by atoms with Crippen molar-refractivity contribution in [1.29, 1.82) is 0 Å². The summed E-state index contributed by atoms with van der Waals surface area (Å²) >= 11 is 0. The highest BCUT2D eigenvalue weighted by Gasteiger charge is 2.12. The third-order valence-corrected chi connectivity index (χ3v) is 3.15. The van der Waals surface area contributed by atoms with E-state index in [0.717, 1.165) is 22.2 Å². The first-order valence-electron chi connectivity index (χ1n) is 6.47. The number of hydrogen-bond donors (Lipinski definition) is 2. The minimum absolute atomic E-state index is 0.151. The van der Waals surface area contributed by atoms with Gasteiger partial charge in [-0.1, -0.05) is 6.07 Å². The molecule has 3 aromatic rings. The molecule has 0 saturated carbocycles.